The molecule has 3 rings (SSSR count). The Morgan fingerprint density at radius 3 is 2.36 bits per heavy atom. The van der Waals surface area contributed by atoms with Crippen molar-refractivity contribution in [2.75, 3.05) is 5.75 Å². The largest absolute Gasteiger partial charge is 0.351 e. The zero-order chi connectivity index (χ0) is 20.0. The second-order valence-corrected chi connectivity index (χ2v) is 9.01. The van der Waals surface area contributed by atoms with Gasteiger partial charge in [0.2, 0.25) is 5.91 Å². The molecule has 0 radical (unpaired) electrons. The Kier molecular flexibility index (Phi) is 6.48. The van der Waals surface area contributed by atoms with Gasteiger partial charge < -0.3 is 9.88 Å². The molecule has 7 nitrogen and oxygen atoms in total. The maximum atomic E-state index is 12.5. The lowest BCUT2D eigenvalue weighted by Crippen LogP contribution is -2.24. The molecule has 146 valence electrons. The number of amides is 1. The Bertz CT molecular complexity index is 1040. The smallest absolute Gasteiger partial charge is 0.230 e. The second-order valence-electron chi connectivity index (χ2n) is 6.08. The molecule has 0 aliphatic rings. The number of hydrogen-bond donors (Lipinski definition) is 1. The summed E-state index contributed by atoms with van der Waals surface area (Å²) in [7, 11) is -1.81. The quantitative estimate of drug-likeness (QED) is 0.566. The van der Waals surface area contributed by atoms with Crippen LogP contribution in [0.2, 0.25) is 0 Å². The van der Waals surface area contributed by atoms with Gasteiger partial charge in [-0.1, -0.05) is 60.3 Å². The summed E-state index contributed by atoms with van der Waals surface area (Å²) in [6.07, 6.45) is 0. The Morgan fingerprint density at radius 1 is 1.04 bits per heavy atom. The number of hydrogen-bond acceptors (Lipinski definition) is 6. The normalized spacial score (nSPS) is 11.3. The number of carbonyl (C=O) groups excluding carboxylic acids is 1. The third kappa shape index (κ3) is 5.20. The third-order valence-electron chi connectivity index (χ3n) is 4.01. The predicted molar refractivity (Wildman–Crippen MR) is 107 cm³/mol. The van der Waals surface area contributed by atoms with E-state index in [0.29, 0.717) is 17.5 Å². The van der Waals surface area contributed by atoms with Crippen LogP contribution in [-0.4, -0.2) is 34.8 Å². The van der Waals surface area contributed by atoms with Crippen LogP contribution in [-0.2, 0) is 34.0 Å². The van der Waals surface area contributed by atoms with E-state index in [2.05, 4.69) is 15.5 Å². The minimum absolute atomic E-state index is 0.129. The molecule has 1 aromatic heterocycles. The molecule has 1 heterocycles. The molecule has 0 spiro atoms. The highest BCUT2D eigenvalue weighted by Gasteiger charge is 2.20. The van der Waals surface area contributed by atoms with Gasteiger partial charge in [0.1, 0.15) is 11.6 Å². The maximum Gasteiger partial charge on any atom is 0.230 e. The number of benzene rings is 2. The molecule has 0 aliphatic carbocycles. The Balaban J connectivity index is 1.56. The molecule has 1 N–H and O–H groups in total. The number of sulfone groups is 1. The van der Waals surface area contributed by atoms with E-state index in [4.69, 9.17) is 0 Å². The molecule has 0 bridgehead atoms. The van der Waals surface area contributed by atoms with E-state index in [0.717, 1.165) is 5.56 Å². The van der Waals surface area contributed by atoms with Crippen molar-refractivity contribution in [1.29, 1.82) is 0 Å². The summed E-state index contributed by atoms with van der Waals surface area (Å²) in [6.45, 7) is 0.458. The zero-order valence-corrected chi connectivity index (χ0v) is 16.9. The summed E-state index contributed by atoms with van der Waals surface area (Å²) in [5, 5.41) is 11.3. The Labute approximate surface area is 168 Å². The van der Waals surface area contributed by atoms with Crippen molar-refractivity contribution < 1.29 is 13.2 Å². The van der Waals surface area contributed by atoms with Crippen LogP contribution in [0.25, 0.3) is 0 Å². The SMILES string of the molecule is Cn1c(CS(=O)(=O)c2ccccc2)nnc1SCC(=O)NCc1ccccc1. The molecule has 2 aromatic carbocycles. The van der Waals surface area contributed by atoms with Crippen LogP contribution in [0.3, 0.4) is 0 Å². The van der Waals surface area contributed by atoms with Crippen LogP contribution in [0.4, 0.5) is 0 Å². The van der Waals surface area contributed by atoms with Gasteiger partial charge >= 0.3 is 0 Å². The minimum atomic E-state index is -3.50. The summed E-state index contributed by atoms with van der Waals surface area (Å²) in [5.41, 5.74) is 1.02. The van der Waals surface area contributed by atoms with Gasteiger partial charge in [-0.05, 0) is 17.7 Å². The molecule has 0 fully saturated rings. The highest BCUT2D eigenvalue weighted by molar-refractivity contribution is 7.99. The van der Waals surface area contributed by atoms with Gasteiger partial charge in [0.05, 0.1) is 10.6 Å². The molecule has 9 heteroatoms. The molecular formula is C19H20N4O3S2. The van der Waals surface area contributed by atoms with Crippen molar-refractivity contribution in [3.63, 3.8) is 0 Å². The number of thioether (sulfide) groups is 1. The van der Waals surface area contributed by atoms with Crippen LogP contribution in [0.1, 0.15) is 11.4 Å². The lowest BCUT2D eigenvalue weighted by Gasteiger charge is -2.06. The average Bonchev–Trinajstić information content (AvgIpc) is 3.05. The van der Waals surface area contributed by atoms with Gasteiger partial charge in [-0.2, -0.15) is 0 Å². The summed E-state index contributed by atoms with van der Waals surface area (Å²) in [5.74, 6) is 0.122. The monoisotopic (exact) mass is 416 g/mol. The van der Waals surface area contributed by atoms with Gasteiger partial charge in [-0.25, -0.2) is 8.42 Å². The molecule has 3 aromatic rings. The van der Waals surface area contributed by atoms with E-state index < -0.39 is 9.84 Å². The standard InChI is InChI=1S/C19H20N4O3S2/c1-23-17(14-28(25,26)16-10-6-3-7-11-16)21-22-19(23)27-13-18(24)20-12-15-8-4-2-5-9-15/h2-11H,12-14H2,1H3,(H,20,24). The number of aromatic nitrogens is 3. The molecular weight excluding hydrogens is 396 g/mol. The van der Waals surface area contributed by atoms with Crippen molar-refractivity contribution in [1.82, 2.24) is 20.1 Å². The Morgan fingerprint density at radius 2 is 1.68 bits per heavy atom. The van der Waals surface area contributed by atoms with Crippen LogP contribution < -0.4 is 5.32 Å². The van der Waals surface area contributed by atoms with Gasteiger partial charge in [-0.15, -0.1) is 10.2 Å². The summed E-state index contributed by atoms with van der Waals surface area (Å²) in [6, 6.07) is 17.9. The number of rotatable bonds is 8. The van der Waals surface area contributed by atoms with Crippen molar-refractivity contribution in [2.45, 2.75) is 22.3 Å². The number of nitrogens with zero attached hydrogens (tertiary/aromatic N) is 3. The summed E-state index contributed by atoms with van der Waals surface area (Å²) >= 11 is 1.22. The second kappa shape index (κ2) is 9.03. The zero-order valence-electron chi connectivity index (χ0n) is 15.3. The molecule has 0 unspecified atom stereocenters. The number of nitrogens with one attached hydrogen (secondary N) is 1. The maximum absolute atomic E-state index is 12.5. The van der Waals surface area contributed by atoms with Gasteiger partial charge in [0, 0.05) is 13.6 Å². The number of carbonyl (C=O) groups is 1. The van der Waals surface area contributed by atoms with Crippen LogP contribution in [0, 0.1) is 0 Å². The van der Waals surface area contributed by atoms with Gasteiger partial charge in [0.25, 0.3) is 0 Å². The average molecular weight is 417 g/mol. The lowest BCUT2D eigenvalue weighted by molar-refractivity contribution is -0.118. The lowest BCUT2D eigenvalue weighted by atomic mass is 10.2. The fourth-order valence-corrected chi connectivity index (χ4v) is 4.54. The fourth-order valence-electron chi connectivity index (χ4n) is 2.46. The summed E-state index contributed by atoms with van der Waals surface area (Å²) in [4.78, 5) is 12.3. The highest BCUT2D eigenvalue weighted by atomic mass is 32.2. The van der Waals surface area contributed by atoms with E-state index in [-0.39, 0.29) is 22.3 Å². The first-order valence-corrected chi connectivity index (χ1v) is 11.2. The van der Waals surface area contributed by atoms with Gasteiger partial charge in [0.15, 0.2) is 15.0 Å². The fraction of sp³-hybridized carbons (Fsp3) is 0.211. The van der Waals surface area contributed by atoms with E-state index in [1.165, 1.54) is 11.8 Å². The molecule has 0 saturated carbocycles. The first-order valence-electron chi connectivity index (χ1n) is 8.55. The highest BCUT2D eigenvalue weighted by Crippen LogP contribution is 2.19. The molecule has 0 aliphatic heterocycles. The summed E-state index contributed by atoms with van der Waals surface area (Å²) < 4.78 is 26.6. The van der Waals surface area contributed by atoms with Crippen molar-refractivity contribution in [2.24, 2.45) is 7.05 Å². The first-order chi connectivity index (χ1) is 13.5. The van der Waals surface area contributed by atoms with E-state index in [1.807, 2.05) is 30.3 Å². The molecule has 1 amide bonds. The third-order valence-corrected chi connectivity index (χ3v) is 6.66. The molecule has 0 saturated heterocycles. The van der Waals surface area contributed by atoms with E-state index in [9.17, 15) is 13.2 Å². The molecule has 28 heavy (non-hydrogen) atoms. The van der Waals surface area contributed by atoms with Crippen molar-refractivity contribution in [3.8, 4) is 0 Å². The van der Waals surface area contributed by atoms with Crippen LogP contribution in [0.15, 0.2) is 70.7 Å². The van der Waals surface area contributed by atoms with E-state index in [1.54, 1.807) is 41.9 Å². The van der Waals surface area contributed by atoms with Gasteiger partial charge in [-0.3, -0.25) is 4.79 Å². The van der Waals surface area contributed by atoms with Crippen molar-refractivity contribution in [3.05, 3.63) is 72.1 Å². The van der Waals surface area contributed by atoms with E-state index >= 15 is 0 Å². The predicted octanol–water partition coefficient (Wildman–Crippen LogP) is 2.20. The minimum Gasteiger partial charge on any atom is -0.351 e. The molecule has 0 atom stereocenters. The topological polar surface area (TPSA) is 93.9 Å². The first kappa shape index (κ1) is 20.1. The van der Waals surface area contributed by atoms with Crippen LogP contribution >= 0.6 is 11.8 Å². The van der Waals surface area contributed by atoms with Crippen LogP contribution in [0.5, 0.6) is 0 Å². The van der Waals surface area contributed by atoms with Crippen molar-refractivity contribution >= 4 is 27.5 Å². The Hall–Kier alpha value is -2.65.